The summed E-state index contributed by atoms with van der Waals surface area (Å²) in [5.41, 5.74) is 8.01. The summed E-state index contributed by atoms with van der Waals surface area (Å²) in [7, 11) is 1.87. The average molecular weight is 395 g/mol. The molecule has 3 rings (SSSR count). The van der Waals surface area contributed by atoms with Crippen LogP contribution in [0.25, 0.3) is 0 Å². The van der Waals surface area contributed by atoms with Gasteiger partial charge in [0, 0.05) is 45.1 Å². The van der Waals surface area contributed by atoms with Crippen LogP contribution in [0.2, 0.25) is 0 Å². The van der Waals surface area contributed by atoms with E-state index in [1.807, 2.05) is 13.2 Å². The number of piperazine rings is 1. The Morgan fingerprint density at radius 1 is 1.25 bits per heavy atom. The van der Waals surface area contributed by atoms with Crippen molar-refractivity contribution in [1.29, 1.82) is 0 Å². The van der Waals surface area contributed by atoms with Gasteiger partial charge in [0.1, 0.15) is 5.82 Å². The third-order valence-electron chi connectivity index (χ3n) is 4.04. The van der Waals surface area contributed by atoms with E-state index in [1.165, 1.54) is 12.1 Å². The minimum Gasteiger partial charge on any atom is -0.370 e. The van der Waals surface area contributed by atoms with E-state index in [-0.39, 0.29) is 5.82 Å². The Morgan fingerprint density at radius 2 is 1.92 bits per heavy atom. The normalized spacial score (nSPS) is 15.9. The number of halogens is 2. The number of hydrogen-bond acceptors (Lipinski definition) is 3. The lowest BCUT2D eigenvalue weighted by Gasteiger charge is -2.36. The van der Waals surface area contributed by atoms with Crippen molar-refractivity contribution in [2.45, 2.75) is 6.54 Å². The van der Waals surface area contributed by atoms with Gasteiger partial charge in [-0.1, -0.05) is 0 Å². The van der Waals surface area contributed by atoms with Crippen LogP contribution in [0.5, 0.6) is 0 Å². The van der Waals surface area contributed by atoms with E-state index in [9.17, 15) is 4.39 Å². The number of aryl methyl sites for hydroxylation is 1. The van der Waals surface area contributed by atoms with Crippen molar-refractivity contribution in [3.05, 3.63) is 46.4 Å². The van der Waals surface area contributed by atoms with Crippen molar-refractivity contribution in [3.63, 3.8) is 0 Å². The summed E-state index contributed by atoms with van der Waals surface area (Å²) in [5, 5.41) is 4.34. The lowest BCUT2D eigenvalue weighted by atomic mass is 10.2. The highest BCUT2D eigenvalue weighted by Gasteiger charge is 2.18. The summed E-state index contributed by atoms with van der Waals surface area (Å²) in [5.74, 6) is 0.320. The van der Waals surface area contributed by atoms with Gasteiger partial charge in [-0.2, -0.15) is 5.10 Å². The number of anilines is 1. The van der Waals surface area contributed by atoms with Crippen LogP contribution in [0.3, 0.4) is 0 Å². The number of nitrogens with two attached hydrogens (primary N) is 1. The molecule has 24 heavy (non-hydrogen) atoms. The molecule has 0 unspecified atom stereocenters. The number of aromatic nitrogens is 2. The Morgan fingerprint density at radius 3 is 2.50 bits per heavy atom. The Kier molecular flexibility index (Phi) is 5.03. The van der Waals surface area contributed by atoms with Crippen LogP contribution in [0.15, 0.2) is 39.9 Å². The first kappa shape index (κ1) is 16.8. The number of benzene rings is 1. The van der Waals surface area contributed by atoms with Crippen LogP contribution in [0.1, 0.15) is 5.69 Å². The maximum absolute atomic E-state index is 13.0. The Bertz CT molecular complexity index is 719. The van der Waals surface area contributed by atoms with Gasteiger partial charge in [-0.3, -0.25) is 4.68 Å². The molecule has 0 atom stereocenters. The Balaban J connectivity index is 1.56. The maximum Gasteiger partial charge on any atom is 0.191 e. The predicted octanol–water partition coefficient (Wildman–Crippen LogP) is 1.96. The molecule has 128 valence electrons. The number of guanidine groups is 1. The van der Waals surface area contributed by atoms with Crippen molar-refractivity contribution >= 4 is 27.6 Å². The zero-order chi connectivity index (χ0) is 17.1. The van der Waals surface area contributed by atoms with Crippen LogP contribution >= 0.6 is 15.9 Å². The molecule has 1 aliphatic rings. The van der Waals surface area contributed by atoms with E-state index in [0.717, 1.165) is 42.0 Å². The maximum atomic E-state index is 13.0. The molecule has 0 spiro atoms. The summed E-state index contributed by atoms with van der Waals surface area (Å²) >= 11 is 3.46. The van der Waals surface area contributed by atoms with Gasteiger partial charge >= 0.3 is 0 Å². The average Bonchev–Trinajstić information content (AvgIpc) is 2.91. The minimum absolute atomic E-state index is 0.213. The van der Waals surface area contributed by atoms with E-state index < -0.39 is 0 Å². The second kappa shape index (κ2) is 7.21. The van der Waals surface area contributed by atoms with Gasteiger partial charge in [-0.25, -0.2) is 9.38 Å². The van der Waals surface area contributed by atoms with Gasteiger partial charge in [0.2, 0.25) is 0 Å². The first-order valence-corrected chi connectivity index (χ1v) is 8.55. The molecule has 0 radical (unpaired) electrons. The molecule has 0 saturated carbocycles. The molecule has 1 saturated heterocycles. The van der Waals surface area contributed by atoms with Crippen LogP contribution in [0, 0.1) is 5.82 Å². The molecule has 1 aromatic heterocycles. The van der Waals surface area contributed by atoms with Crippen molar-refractivity contribution in [3.8, 4) is 0 Å². The first-order valence-electron chi connectivity index (χ1n) is 7.76. The molecule has 6 nitrogen and oxygen atoms in total. The molecule has 2 N–H and O–H groups in total. The lowest BCUT2D eigenvalue weighted by Crippen LogP contribution is -2.51. The zero-order valence-corrected chi connectivity index (χ0v) is 15.1. The predicted molar refractivity (Wildman–Crippen MR) is 96.4 cm³/mol. The summed E-state index contributed by atoms with van der Waals surface area (Å²) in [6.07, 6.45) is 1.89. The van der Waals surface area contributed by atoms with Gasteiger partial charge in [0.15, 0.2) is 5.96 Å². The van der Waals surface area contributed by atoms with Gasteiger partial charge < -0.3 is 15.5 Å². The van der Waals surface area contributed by atoms with Crippen LogP contribution < -0.4 is 10.6 Å². The molecule has 0 bridgehead atoms. The molecule has 2 aromatic rings. The topological polar surface area (TPSA) is 62.7 Å². The number of rotatable bonds is 3. The molecule has 1 aliphatic heterocycles. The Hall–Kier alpha value is -2.09. The summed E-state index contributed by atoms with van der Waals surface area (Å²) in [4.78, 5) is 8.74. The molecular weight excluding hydrogens is 375 g/mol. The van der Waals surface area contributed by atoms with Crippen molar-refractivity contribution in [1.82, 2.24) is 14.7 Å². The van der Waals surface area contributed by atoms with Gasteiger partial charge in [0.25, 0.3) is 0 Å². The van der Waals surface area contributed by atoms with Crippen LogP contribution in [-0.4, -0.2) is 46.8 Å². The minimum atomic E-state index is -0.213. The molecule has 0 amide bonds. The second-order valence-corrected chi connectivity index (χ2v) is 6.58. The van der Waals surface area contributed by atoms with E-state index >= 15 is 0 Å². The van der Waals surface area contributed by atoms with Crippen LogP contribution in [-0.2, 0) is 13.6 Å². The number of hydrogen-bond donors (Lipinski definition) is 1. The fourth-order valence-electron chi connectivity index (χ4n) is 2.71. The Labute approximate surface area is 148 Å². The quantitative estimate of drug-likeness (QED) is 0.638. The lowest BCUT2D eigenvalue weighted by molar-refractivity contribution is 0.380. The van der Waals surface area contributed by atoms with Crippen molar-refractivity contribution < 1.29 is 4.39 Å². The molecule has 2 heterocycles. The molecular formula is C16H20BrFN6. The van der Waals surface area contributed by atoms with E-state index in [0.29, 0.717) is 12.5 Å². The number of aliphatic imine (C=N–C) groups is 1. The zero-order valence-electron chi connectivity index (χ0n) is 13.5. The molecule has 8 heteroatoms. The van der Waals surface area contributed by atoms with Gasteiger partial charge in [0.05, 0.1) is 16.7 Å². The SMILES string of the molecule is Cn1cc(Br)c(CN=C(N)N2CCN(c3ccc(F)cc3)CC2)n1. The fraction of sp³-hybridized carbons (Fsp3) is 0.375. The molecule has 0 aliphatic carbocycles. The van der Waals surface area contributed by atoms with Crippen LogP contribution in [0.4, 0.5) is 10.1 Å². The first-order chi connectivity index (χ1) is 11.5. The van der Waals surface area contributed by atoms with Crippen molar-refractivity contribution in [2.75, 3.05) is 31.1 Å². The second-order valence-electron chi connectivity index (χ2n) is 5.72. The highest BCUT2D eigenvalue weighted by atomic mass is 79.9. The summed E-state index contributed by atoms with van der Waals surface area (Å²) < 4.78 is 15.7. The third kappa shape index (κ3) is 3.87. The fourth-order valence-corrected chi connectivity index (χ4v) is 3.22. The summed E-state index contributed by atoms with van der Waals surface area (Å²) in [6, 6.07) is 6.59. The van der Waals surface area contributed by atoms with Gasteiger partial charge in [-0.15, -0.1) is 0 Å². The highest BCUT2D eigenvalue weighted by Crippen LogP contribution is 2.17. The van der Waals surface area contributed by atoms with E-state index in [4.69, 9.17) is 5.73 Å². The van der Waals surface area contributed by atoms with E-state index in [1.54, 1.807) is 16.8 Å². The van der Waals surface area contributed by atoms with Crippen molar-refractivity contribution in [2.24, 2.45) is 17.8 Å². The van der Waals surface area contributed by atoms with Gasteiger partial charge in [-0.05, 0) is 40.2 Å². The standard InChI is InChI=1S/C16H20BrFN6/c1-22-11-14(17)15(21-22)10-20-16(19)24-8-6-23(7-9-24)13-4-2-12(18)3-5-13/h2-5,11H,6-10H2,1H3,(H2,19,20). The molecule has 1 aromatic carbocycles. The largest absolute Gasteiger partial charge is 0.370 e. The summed E-state index contributed by atoms with van der Waals surface area (Å²) in [6.45, 7) is 3.68. The molecule has 1 fully saturated rings. The monoisotopic (exact) mass is 394 g/mol. The van der Waals surface area contributed by atoms with E-state index in [2.05, 4.69) is 35.8 Å². The third-order valence-corrected chi connectivity index (χ3v) is 4.70. The number of nitrogens with zero attached hydrogens (tertiary/aromatic N) is 5. The highest BCUT2D eigenvalue weighted by molar-refractivity contribution is 9.10. The smallest absolute Gasteiger partial charge is 0.191 e.